The summed E-state index contributed by atoms with van der Waals surface area (Å²) in [7, 11) is 1.00. The number of benzene rings is 1. The van der Waals surface area contributed by atoms with Crippen LogP contribution in [0.25, 0.3) is 0 Å². The fourth-order valence-corrected chi connectivity index (χ4v) is 1.37. The van der Waals surface area contributed by atoms with Crippen molar-refractivity contribution >= 4 is 18.1 Å². The van der Waals surface area contributed by atoms with Crippen LogP contribution in [-0.2, 0) is 14.4 Å². The number of aryl methyl sites for hydroxylation is 1. The zero-order chi connectivity index (χ0) is 15.5. The lowest BCUT2D eigenvalue weighted by atomic mass is 10.1. The van der Waals surface area contributed by atoms with Gasteiger partial charge in [-0.25, -0.2) is 0 Å². The molecule has 0 spiro atoms. The summed E-state index contributed by atoms with van der Waals surface area (Å²) in [6.45, 7) is 2.00. The normalized spacial score (nSPS) is 14.2. The van der Waals surface area contributed by atoms with Gasteiger partial charge in [0.05, 0.1) is 6.04 Å². The molecule has 0 saturated carbocycles. The van der Waals surface area contributed by atoms with Gasteiger partial charge in [-0.2, -0.15) is 0 Å². The first kappa shape index (κ1) is 17.9. The Labute approximate surface area is 118 Å². The van der Waals surface area contributed by atoms with Crippen molar-refractivity contribution < 1.29 is 19.5 Å². The van der Waals surface area contributed by atoms with E-state index >= 15 is 0 Å². The van der Waals surface area contributed by atoms with Crippen molar-refractivity contribution in [2.45, 2.75) is 25.8 Å². The standard InChI is InChI=1S/C9H11NO.C4H5NO2.CH4O/c1-7-2-4-8(5-3-7)9(10)6-11;6-3-1-2-4(7)5-3;1-2/h2-6,9H,10H2,1H3;1-2H2,(H,5,6,7);2H,1H3. The van der Waals surface area contributed by atoms with E-state index in [1.165, 1.54) is 5.56 Å². The van der Waals surface area contributed by atoms with Crippen LogP contribution in [-0.4, -0.2) is 30.3 Å². The van der Waals surface area contributed by atoms with Gasteiger partial charge in [-0.1, -0.05) is 29.8 Å². The van der Waals surface area contributed by atoms with Crippen molar-refractivity contribution in [1.29, 1.82) is 0 Å². The maximum atomic E-state index is 10.3. The number of hydrogen-bond donors (Lipinski definition) is 3. The van der Waals surface area contributed by atoms with E-state index in [0.717, 1.165) is 19.0 Å². The third kappa shape index (κ3) is 6.77. The van der Waals surface area contributed by atoms with E-state index < -0.39 is 6.04 Å². The second kappa shape index (κ2) is 9.82. The summed E-state index contributed by atoms with van der Waals surface area (Å²) in [6.07, 6.45) is 1.49. The monoisotopic (exact) mass is 280 g/mol. The van der Waals surface area contributed by atoms with Gasteiger partial charge in [-0.05, 0) is 12.5 Å². The summed E-state index contributed by atoms with van der Waals surface area (Å²) >= 11 is 0. The van der Waals surface area contributed by atoms with Gasteiger partial charge >= 0.3 is 0 Å². The Hall–Kier alpha value is -2.05. The average molecular weight is 280 g/mol. The fourth-order valence-electron chi connectivity index (χ4n) is 1.37. The summed E-state index contributed by atoms with van der Waals surface area (Å²) in [6, 6.07) is 7.15. The van der Waals surface area contributed by atoms with Crippen LogP contribution in [0.2, 0.25) is 0 Å². The Morgan fingerprint density at radius 3 is 1.90 bits per heavy atom. The summed E-state index contributed by atoms with van der Waals surface area (Å²) in [5, 5.41) is 9.14. The Morgan fingerprint density at radius 2 is 1.60 bits per heavy atom. The summed E-state index contributed by atoms with van der Waals surface area (Å²) < 4.78 is 0. The van der Waals surface area contributed by atoms with Crippen molar-refractivity contribution in [3.05, 3.63) is 35.4 Å². The lowest BCUT2D eigenvalue weighted by molar-refractivity contribution is -0.124. The molecule has 1 fully saturated rings. The quantitative estimate of drug-likeness (QED) is 0.530. The number of carbonyl (C=O) groups is 3. The smallest absolute Gasteiger partial charge is 0.227 e. The highest BCUT2D eigenvalue weighted by Crippen LogP contribution is 2.08. The van der Waals surface area contributed by atoms with Crippen LogP contribution >= 0.6 is 0 Å². The number of rotatable bonds is 2. The van der Waals surface area contributed by atoms with E-state index in [9.17, 15) is 14.4 Å². The van der Waals surface area contributed by atoms with Gasteiger partial charge in [-0.3, -0.25) is 14.9 Å². The molecule has 1 unspecified atom stereocenters. The number of aldehydes is 1. The molecule has 1 aromatic carbocycles. The van der Waals surface area contributed by atoms with Crippen molar-refractivity contribution in [3.63, 3.8) is 0 Å². The molecule has 1 atom stereocenters. The van der Waals surface area contributed by atoms with Crippen LogP contribution in [0.5, 0.6) is 0 Å². The van der Waals surface area contributed by atoms with Gasteiger partial charge in [0, 0.05) is 20.0 Å². The fraction of sp³-hybridized carbons (Fsp3) is 0.357. The molecular weight excluding hydrogens is 260 g/mol. The highest BCUT2D eigenvalue weighted by molar-refractivity contribution is 6.01. The minimum absolute atomic E-state index is 0.148. The van der Waals surface area contributed by atoms with E-state index in [1.54, 1.807) is 0 Å². The Kier molecular flexibility index (Phi) is 8.82. The maximum Gasteiger partial charge on any atom is 0.227 e. The lowest BCUT2D eigenvalue weighted by Gasteiger charge is -2.02. The van der Waals surface area contributed by atoms with E-state index in [-0.39, 0.29) is 11.8 Å². The van der Waals surface area contributed by atoms with Crippen molar-refractivity contribution in [2.75, 3.05) is 7.11 Å². The number of nitrogens with two attached hydrogens (primary N) is 1. The molecule has 6 nitrogen and oxygen atoms in total. The predicted octanol–water partition coefficient (Wildman–Crippen LogP) is 0.225. The number of aliphatic hydroxyl groups is 1. The van der Waals surface area contributed by atoms with E-state index in [0.29, 0.717) is 12.8 Å². The number of imide groups is 1. The van der Waals surface area contributed by atoms with Crippen LogP contribution in [0.15, 0.2) is 24.3 Å². The third-order valence-electron chi connectivity index (χ3n) is 2.47. The van der Waals surface area contributed by atoms with Crippen molar-refractivity contribution in [1.82, 2.24) is 5.32 Å². The molecule has 20 heavy (non-hydrogen) atoms. The number of hydrogen-bond acceptors (Lipinski definition) is 5. The SMILES string of the molecule is CO.Cc1ccc(C(N)C=O)cc1.O=C1CCC(=O)N1. The van der Waals surface area contributed by atoms with E-state index in [4.69, 9.17) is 10.8 Å². The maximum absolute atomic E-state index is 10.3. The van der Waals surface area contributed by atoms with E-state index in [2.05, 4.69) is 5.32 Å². The minimum Gasteiger partial charge on any atom is -0.400 e. The van der Waals surface area contributed by atoms with Crippen LogP contribution in [0, 0.1) is 6.92 Å². The largest absolute Gasteiger partial charge is 0.400 e. The lowest BCUT2D eigenvalue weighted by Crippen LogP contribution is -2.18. The minimum atomic E-state index is -0.476. The highest BCUT2D eigenvalue weighted by Gasteiger charge is 2.15. The number of amides is 2. The molecule has 0 bridgehead atoms. The summed E-state index contributed by atoms with van der Waals surface area (Å²) in [5.74, 6) is -0.296. The molecule has 4 N–H and O–H groups in total. The first-order valence-corrected chi connectivity index (χ1v) is 6.07. The van der Waals surface area contributed by atoms with Gasteiger partial charge < -0.3 is 15.6 Å². The molecule has 110 valence electrons. The van der Waals surface area contributed by atoms with Crippen LogP contribution < -0.4 is 11.1 Å². The first-order chi connectivity index (χ1) is 9.52. The first-order valence-electron chi connectivity index (χ1n) is 6.07. The van der Waals surface area contributed by atoms with Crippen molar-refractivity contribution in [2.24, 2.45) is 5.73 Å². The zero-order valence-corrected chi connectivity index (χ0v) is 11.6. The molecule has 0 aliphatic carbocycles. The van der Waals surface area contributed by atoms with Crippen molar-refractivity contribution in [3.8, 4) is 0 Å². The van der Waals surface area contributed by atoms with Gasteiger partial charge in [0.2, 0.25) is 11.8 Å². The molecule has 1 aliphatic rings. The molecular formula is C14H20N2O4. The molecule has 1 aliphatic heterocycles. The number of carbonyl (C=O) groups excluding carboxylic acids is 3. The summed E-state index contributed by atoms with van der Waals surface area (Å²) in [4.78, 5) is 30.5. The molecule has 6 heteroatoms. The van der Waals surface area contributed by atoms with Crippen LogP contribution in [0.1, 0.15) is 30.0 Å². The van der Waals surface area contributed by atoms with Crippen LogP contribution in [0.3, 0.4) is 0 Å². The molecule has 1 heterocycles. The van der Waals surface area contributed by atoms with Gasteiger partial charge in [-0.15, -0.1) is 0 Å². The Bertz CT molecular complexity index is 429. The van der Waals surface area contributed by atoms with Gasteiger partial charge in [0.1, 0.15) is 6.29 Å². The molecule has 1 aromatic rings. The molecule has 1 saturated heterocycles. The highest BCUT2D eigenvalue weighted by atomic mass is 16.2. The summed E-state index contributed by atoms with van der Waals surface area (Å²) in [5.41, 5.74) is 7.52. The molecule has 0 aromatic heterocycles. The number of nitrogens with one attached hydrogen (secondary N) is 1. The predicted molar refractivity (Wildman–Crippen MR) is 74.7 cm³/mol. The Morgan fingerprint density at radius 1 is 1.15 bits per heavy atom. The average Bonchev–Trinajstić information content (AvgIpc) is 2.85. The topological polar surface area (TPSA) is 109 Å². The molecule has 2 rings (SSSR count). The van der Waals surface area contributed by atoms with Gasteiger partial charge in [0.15, 0.2) is 0 Å². The van der Waals surface area contributed by atoms with Gasteiger partial charge in [0.25, 0.3) is 0 Å². The second-order valence-corrected chi connectivity index (χ2v) is 4.04. The molecule has 2 amide bonds. The zero-order valence-electron chi connectivity index (χ0n) is 11.6. The second-order valence-electron chi connectivity index (χ2n) is 4.04. The van der Waals surface area contributed by atoms with Crippen LogP contribution in [0.4, 0.5) is 0 Å². The Balaban J connectivity index is 0.000000345. The number of aliphatic hydroxyl groups excluding tert-OH is 1. The third-order valence-corrected chi connectivity index (χ3v) is 2.47. The van der Waals surface area contributed by atoms with E-state index in [1.807, 2.05) is 31.2 Å². The molecule has 0 radical (unpaired) electrons.